The van der Waals surface area contributed by atoms with Gasteiger partial charge in [-0.15, -0.1) is 10.2 Å². The molecule has 0 aliphatic carbocycles. The molecule has 9 heteroatoms. The van der Waals surface area contributed by atoms with Crippen molar-refractivity contribution in [2.45, 2.75) is 17.8 Å². The van der Waals surface area contributed by atoms with Crippen molar-refractivity contribution in [1.82, 2.24) is 20.1 Å². The molecule has 0 unspecified atom stereocenters. The van der Waals surface area contributed by atoms with Crippen molar-refractivity contribution < 1.29 is 18.0 Å². The maximum absolute atomic E-state index is 12.7. The molecule has 0 fully saturated rings. The molecule has 0 atom stereocenters. The summed E-state index contributed by atoms with van der Waals surface area (Å²) in [6.45, 7) is 0.325. The SMILES string of the molecule is O=C(CSc1nnc(-c2ccccc2)n1-c1ccccc1)NCCc1ccc(C(F)(F)F)cc1. The second-order valence-corrected chi connectivity index (χ2v) is 8.37. The Hall–Kier alpha value is -3.59. The average Bonchev–Trinajstić information content (AvgIpc) is 3.28. The highest BCUT2D eigenvalue weighted by atomic mass is 32.2. The van der Waals surface area contributed by atoms with Crippen LogP contribution in [0.3, 0.4) is 0 Å². The predicted octanol–water partition coefficient (Wildman–Crippen LogP) is 5.40. The van der Waals surface area contributed by atoms with Crippen LogP contribution in [0.25, 0.3) is 17.1 Å². The smallest absolute Gasteiger partial charge is 0.355 e. The minimum absolute atomic E-state index is 0.132. The molecular weight excluding hydrogens is 461 g/mol. The second kappa shape index (κ2) is 10.6. The van der Waals surface area contributed by atoms with Gasteiger partial charge in [-0.3, -0.25) is 9.36 Å². The minimum Gasteiger partial charge on any atom is -0.355 e. The lowest BCUT2D eigenvalue weighted by Gasteiger charge is -2.10. The van der Waals surface area contributed by atoms with Gasteiger partial charge in [0.25, 0.3) is 0 Å². The molecule has 34 heavy (non-hydrogen) atoms. The molecular formula is C25H21F3N4OS. The van der Waals surface area contributed by atoms with Gasteiger partial charge in [-0.25, -0.2) is 0 Å². The summed E-state index contributed by atoms with van der Waals surface area (Å²) in [6, 6.07) is 24.3. The summed E-state index contributed by atoms with van der Waals surface area (Å²) in [5.41, 5.74) is 1.83. The zero-order valence-corrected chi connectivity index (χ0v) is 18.8. The highest BCUT2D eigenvalue weighted by Gasteiger charge is 2.29. The molecule has 0 saturated carbocycles. The van der Waals surface area contributed by atoms with Gasteiger partial charge in [-0.1, -0.05) is 72.4 Å². The third-order valence-electron chi connectivity index (χ3n) is 5.03. The van der Waals surface area contributed by atoms with Crippen LogP contribution in [0, 0.1) is 0 Å². The van der Waals surface area contributed by atoms with Crippen LogP contribution in [-0.2, 0) is 17.4 Å². The lowest BCUT2D eigenvalue weighted by atomic mass is 10.1. The first-order valence-electron chi connectivity index (χ1n) is 10.5. The number of thioether (sulfide) groups is 1. The first-order chi connectivity index (χ1) is 16.4. The summed E-state index contributed by atoms with van der Waals surface area (Å²) >= 11 is 1.27. The fraction of sp³-hybridized carbons (Fsp3) is 0.160. The topological polar surface area (TPSA) is 59.8 Å². The molecule has 5 nitrogen and oxygen atoms in total. The minimum atomic E-state index is -4.36. The van der Waals surface area contributed by atoms with E-state index in [0.29, 0.717) is 23.9 Å². The summed E-state index contributed by atoms with van der Waals surface area (Å²) in [7, 11) is 0. The number of nitrogens with zero attached hydrogens (tertiary/aromatic N) is 3. The van der Waals surface area contributed by atoms with Gasteiger partial charge < -0.3 is 5.32 Å². The number of carbonyl (C=O) groups is 1. The Kier molecular flexibility index (Phi) is 7.32. The molecule has 1 amide bonds. The van der Waals surface area contributed by atoms with Gasteiger partial charge in [0.05, 0.1) is 11.3 Å². The number of aromatic nitrogens is 3. The number of alkyl halides is 3. The molecule has 3 aromatic carbocycles. The van der Waals surface area contributed by atoms with Crippen molar-refractivity contribution >= 4 is 17.7 Å². The Bertz CT molecular complexity index is 1230. The Morgan fingerprint density at radius 2 is 1.53 bits per heavy atom. The van der Waals surface area contributed by atoms with E-state index in [1.165, 1.54) is 23.9 Å². The number of hydrogen-bond donors (Lipinski definition) is 1. The molecule has 174 valence electrons. The van der Waals surface area contributed by atoms with E-state index in [1.54, 1.807) is 0 Å². The number of benzene rings is 3. The molecule has 0 bridgehead atoms. The van der Waals surface area contributed by atoms with Crippen molar-refractivity contribution in [3.8, 4) is 17.1 Å². The van der Waals surface area contributed by atoms with E-state index in [9.17, 15) is 18.0 Å². The fourth-order valence-electron chi connectivity index (χ4n) is 3.34. The van der Waals surface area contributed by atoms with Crippen LogP contribution in [0.4, 0.5) is 13.2 Å². The lowest BCUT2D eigenvalue weighted by Crippen LogP contribution is -2.27. The summed E-state index contributed by atoms with van der Waals surface area (Å²) < 4.78 is 39.9. The molecule has 0 spiro atoms. The molecule has 0 aliphatic heterocycles. The largest absolute Gasteiger partial charge is 0.416 e. The van der Waals surface area contributed by atoms with Crippen LogP contribution in [0.15, 0.2) is 90.1 Å². The van der Waals surface area contributed by atoms with Crippen LogP contribution in [-0.4, -0.2) is 33.0 Å². The lowest BCUT2D eigenvalue weighted by molar-refractivity contribution is -0.137. The van der Waals surface area contributed by atoms with Crippen molar-refractivity contribution in [3.05, 3.63) is 96.1 Å². The molecule has 0 aliphatic rings. The summed E-state index contributed by atoms with van der Waals surface area (Å²) in [5, 5.41) is 12.0. The highest BCUT2D eigenvalue weighted by molar-refractivity contribution is 7.99. The molecule has 0 radical (unpaired) electrons. The van der Waals surface area contributed by atoms with Gasteiger partial charge in [-0.05, 0) is 36.2 Å². The quantitative estimate of drug-likeness (QED) is 0.342. The number of hydrogen-bond acceptors (Lipinski definition) is 4. The number of nitrogens with one attached hydrogen (secondary N) is 1. The van der Waals surface area contributed by atoms with Crippen LogP contribution in [0.1, 0.15) is 11.1 Å². The van der Waals surface area contributed by atoms with Crippen LogP contribution < -0.4 is 5.32 Å². The first-order valence-corrected chi connectivity index (χ1v) is 11.5. The molecule has 1 heterocycles. The number of para-hydroxylation sites is 1. The Morgan fingerprint density at radius 3 is 2.18 bits per heavy atom. The van der Waals surface area contributed by atoms with E-state index in [2.05, 4.69) is 15.5 Å². The van der Waals surface area contributed by atoms with E-state index in [4.69, 9.17) is 0 Å². The molecule has 1 N–H and O–H groups in total. The maximum atomic E-state index is 12.7. The highest BCUT2D eigenvalue weighted by Crippen LogP contribution is 2.29. The number of carbonyl (C=O) groups excluding carboxylic acids is 1. The normalized spacial score (nSPS) is 11.4. The van der Waals surface area contributed by atoms with Gasteiger partial charge in [0.1, 0.15) is 0 Å². The zero-order valence-electron chi connectivity index (χ0n) is 18.0. The molecule has 4 aromatic rings. The summed E-state index contributed by atoms with van der Waals surface area (Å²) in [6.07, 6.45) is -3.92. The van der Waals surface area contributed by atoms with Crippen molar-refractivity contribution in [2.75, 3.05) is 12.3 Å². The van der Waals surface area contributed by atoms with E-state index >= 15 is 0 Å². The number of rotatable bonds is 8. The van der Waals surface area contributed by atoms with E-state index < -0.39 is 11.7 Å². The standard InChI is InChI=1S/C25H21F3N4OS/c26-25(27,28)20-13-11-18(12-14-20)15-16-29-22(33)17-34-24-31-30-23(19-7-3-1-4-8-19)32(24)21-9-5-2-6-10-21/h1-14H,15-17H2,(H,29,33). The summed E-state index contributed by atoms with van der Waals surface area (Å²) in [5.74, 6) is 0.616. The number of halogens is 3. The van der Waals surface area contributed by atoms with Crippen molar-refractivity contribution in [3.63, 3.8) is 0 Å². The van der Waals surface area contributed by atoms with Gasteiger partial charge in [-0.2, -0.15) is 13.2 Å². The van der Waals surface area contributed by atoms with Crippen LogP contribution in [0.2, 0.25) is 0 Å². The predicted molar refractivity (Wildman–Crippen MR) is 126 cm³/mol. The molecule has 0 saturated heterocycles. The van der Waals surface area contributed by atoms with Gasteiger partial charge in [0, 0.05) is 17.8 Å². The molecule has 4 rings (SSSR count). The second-order valence-electron chi connectivity index (χ2n) is 7.43. The molecule has 1 aromatic heterocycles. The van der Waals surface area contributed by atoms with Crippen molar-refractivity contribution in [1.29, 1.82) is 0 Å². The third-order valence-corrected chi connectivity index (χ3v) is 5.96. The van der Waals surface area contributed by atoms with Gasteiger partial charge in [0.2, 0.25) is 5.91 Å². The van der Waals surface area contributed by atoms with Gasteiger partial charge >= 0.3 is 6.18 Å². The third kappa shape index (κ3) is 5.85. The van der Waals surface area contributed by atoms with Crippen LogP contribution >= 0.6 is 11.8 Å². The monoisotopic (exact) mass is 482 g/mol. The van der Waals surface area contributed by atoms with Gasteiger partial charge in [0.15, 0.2) is 11.0 Å². The summed E-state index contributed by atoms with van der Waals surface area (Å²) in [4.78, 5) is 12.4. The fourth-order valence-corrected chi connectivity index (χ4v) is 4.12. The van der Waals surface area contributed by atoms with E-state index in [1.807, 2.05) is 65.2 Å². The van der Waals surface area contributed by atoms with E-state index in [-0.39, 0.29) is 11.7 Å². The Morgan fingerprint density at radius 1 is 0.882 bits per heavy atom. The Balaban J connectivity index is 1.38. The zero-order chi connectivity index (χ0) is 24.0. The number of amides is 1. The first kappa shape index (κ1) is 23.6. The van der Waals surface area contributed by atoms with Crippen molar-refractivity contribution in [2.24, 2.45) is 0 Å². The maximum Gasteiger partial charge on any atom is 0.416 e. The van der Waals surface area contributed by atoms with E-state index in [0.717, 1.165) is 28.9 Å². The Labute approximate surface area is 199 Å². The average molecular weight is 483 g/mol. The van der Waals surface area contributed by atoms with Crippen LogP contribution in [0.5, 0.6) is 0 Å².